The fourth-order valence-corrected chi connectivity index (χ4v) is 5.94. The Balaban J connectivity index is 1.42. The molecule has 0 unspecified atom stereocenters. The molecule has 204 valence electrons. The molecule has 0 radical (unpaired) electrons. The molecule has 1 aliphatic heterocycles. The first-order chi connectivity index (χ1) is 19.4. The van der Waals surface area contributed by atoms with Crippen molar-refractivity contribution in [3.63, 3.8) is 0 Å². The minimum Gasteiger partial charge on any atom is -0.488 e. The highest BCUT2D eigenvalue weighted by molar-refractivity contribution is 8.18. The Morgan fingerprint density at radius 3 is 2.42 bits per heavy atom. The van der Waals surface area contributed by atoms with Crippen molar-refractivity contribution >= 4 is 68.6 Å². The molecule has 1 fully saturated rings. The fraction of sp³-hybridized carbons (Fsp3) is 0.188. The van der Waals surface area contributed by atoms with Gasteiger partial charge in [-0.1, -0.05) is 65.7 Å². The summed E-state index contributed by atoms with van der Waals surface area (Å²) >= 11 is 13.4. The number of fused-ring (bicyclic) bond motifs is 1. The van der Waals surface area contributed by atoms with Crippen LogP contribution >= 0.6 is 35.0 Å². The Labute approximate surface area is 248 Å². The van der Waals surface area contributed by atoms with E-state index in [-0.39, 0.29) is 24.3 Å². The molecular formula is C32H28Cl2N2O3S. The standard InChI is InChI=1S/C32H28Cl2N2O3S/c1-3-35(4-2)27-14-12-24(29(18-27)39-20-25-11-13-26(33)17-28(25)34)16-30-31(37)36(32(38)40-30)19-21-9-10-22-7-5-6-8-23(22)15-21/h5-18H,3-4,19-20H2,1-2H3/b30-16-. The number of anilines is 1. The number of carbonyl (C=O) groups excluding carboxylic acids is 2. The number of carbonyl (C=O) groups is 2. The van der Waals surface area contributed by atoms with Gasteiger partial charge in [-0.05, 0) is 78.4 Å². The van der Waals surface area contributed by atoms with E-state index in [1.54, 1.807) is 18.2 Å². The van der Waals surface area contributed by atoms with Gasteiger partial charge < -0.3 is 9.64 Å². The van der Waals surface area contributed by atoms with Crippen molar-refractivity contribution in [2.45, 2.75) is 27.0 Å². The molecule has 0 bridgehead atoms. The van der Waals surface area contributed by atoms with Crippen LogP contribution in [0.3, 0.4) is 0 Å². The number of hydrogen-bond acceptors (Lipinski definition) is 5. The predicted molar refractivity (Wildman–Crippen MR) is 166 cm³/mol. The molecule has 0 aromatic heterocycles. The lowest BCUT2D eigenvalue weighted by Crippen LogP contribution is -2.27. The van der Waals surface area contributed by atoms with E-state index in [1.807, 2.05) is 66.7 Å². The number of hydrogen-bond donors (Lipinski definition) is 0. The third-order valence-corrected chi connectivity index (χ3v) is 8.33. The monoisotopic (exact) mass is 590 g/mol. The molecule has 1 heterocycles. The first-order valence-corrected chi connectivity index (χ1v) is 14.6. The minimum atomic E-state index is -0.317. The number of imide groups is 1. The summed E-state index contributed by atoms with van der Waals surface area (Å²) in [7, 11) is 0. The quantitative estimate of drug-likeness (QED) is 0.182. The Morgan fingerprint density at radius 2 is 1.68 bits per heavy atom. The smallest absolute Gasteiger partial charge is 0.293 e. The first-order valence-electron chi connectivity index (χ1n) is 13.0. The van der Waals surface area contributed by atoms with Gasteiger partial charge in [-0.25, -0.2) is 0 Å². The SMILES string of the molecule is CCN(CC)c1ccc(/C=C2\SC(=O)N(Cc3ccc4ccccc4c3)C2=O)c(OCc2ccc(Cl)cc2Cl)c1. The summed E-state index contributed by atoms with van der Waals surface area (Å²) in [5.74, 6) is 0.277. The Morgan fingerprint density at radius 1 is 0.900 bits per heavy atom. The lowest BCUT2D eigenvalue weighted by molar-refractivity contribution is -0.123. The Hall–Kier alpha value is -3.45. The van der Waals surface area contributed by atoms with Crippen molar-refractivity contribution in [3.8, 4) is 5.75 Å². The van der Waals surface area contributed by atoms with Crippen LogP contribution in [0.4, 0.5) is 10.5 Å². The molecule has 0 N–H and O–H groups in total. The number of rotatable bonds is 9. The van der Waals surface area contributed by atoms with Crippen LogP contribution in [0.15, 0.2) is 83.8 Å². The summed E-state index contributed by atoms with van der Waals surface area (Å²) in [6, 6.07) is 25.2. The van der Waals surface area contributed by atoms with Crippen LogP contribution in [0, 0.1) is 0 Å². The van der Waals surface area contributed by atoms with E-state index in [4.69, 9.17) is 27.9 Å². The van der Waals surface area contributed by atoms with E-state index in [1.165, 1.54) is 4.90 Å². The van der Waals surface area contributed by atoms with Crippen LogP contribution in [0.25, 0.3) is 16.8 Å². The van der Waals surface area contributed by atoms with Crippen LogP contribution in [0.2, 0.25) is 10.0 Å². The third kappa shape index (κ3) is 6.15. The zero-order valence-corrected chi connectivity index (χ0v) is 24.5. The average molecular weight is 592 g/mol. The number of thioether (sulfide) groups is 1. The molecule has 4 aromatic rings. The van der Waals surface area contributed by atoms with E-state index < -0.39 is 0 Å². The van der Waals surface area contributed by atoms with Crippen LogP contribution in [-0.4, -0.2) is 29.1 Å². The van der Waals surface area contributed by atoms with Crippen molar-refractivity contribution in [2.24, 2.45) is 0 Å². The van der Waals surface area contributed by atoms with Gasteiger partial charge in [-0.3, -0.25) is 14.5 Å². The van der Waals surface area contributed by atoms with E-state index in [2.05, 4.69) is 18.7 Å². The molecule has 5 rings (SSSR count). The van der Waals surface area contributed by atoms with E-state index in [0.717, 1.165) is 52.4 Å². The summed E-state index contributed by atoms with van der Waals surface area (Å²) < 4.78 is 6.24. The topological polar surface area (TPSA) is 49.9 Å². The summed E-state index contributed by atoms with van der Waals surface area (Å²) in [6.07, 6.45) is 1.73. The maximum atomic E-state index is 13.4. The average Bonchev–Trinajstić information content (AvgIpc) is 3.21. The van der Waals surface area contributed by atoms with Gasteiger partial charge in [0.25, 0.3) is 11.1 Å². The molecule has 8 heteroatoms. The predicted octanol–water partition coefficient (Wildman–Crippen LogP) is 8.81. The van der Waals surface area contributed by atoms with Crippen LogP contribution in [0.5, 0.6) is 5.75 Å². The van der Waals surface area contributed by atoms with Crippen molar-refractivity contribution in [1.82, 2.24) is 4.90 Å². The summed E-state index contributed by atoms with van der Waals surface area (Å²) in [4.78, 5) is 30.1. The van der Waals surface area contributed by atoms with E-state index in [9.17, 15) is 9.59 Å². The molecule has 0 spiro atoms. The van der Waals surface area contributed by atoms with Crippen LogP contribution < -0.4 is 9.64 Å². The second-order valence-electron chi connectivity index (χ2n) is 9.37. The molecule has 0 saturated carbocycles. The highest BCUT2D eigenvalue weighted by Gasteiger charge is 2.35. The van der Waals surface area contributed by atoms with Gasteiger partial charge in [0.05, 0.1) is 11.4 Å². The summed E-state index contributed by atoms with van der Waals surface area (Å²) in [5.41, 5.74) is 3.40. The zero-order chi connectivity index (χ0) is 28.2. The lowest BCUT2D eigenvalue weighted by Gasteiger charge is -2.22. The maximum absolute atomic E-state index is 13.4. The van der Waals surface area contributed by atoms with Gasteiger partial charge in [-0.2, -0.15) is 0 Å². The van der Waals surface area contributed by atoms with Crippen LogP contribution in [-0.2, 0) is 17.9 Å². The zero-order valence-electron chi connectivity index (χ0n) is 22.2. The highest BCUT2D eigenvalue weighted by Crippen LogP contribution is 2.37. The molecule has 5 nitrogen and oxygen atoms in total. The minimum absolute atomic E-state index is 0.214. The van der Waals surface area contributed by atoms with Crippen molar-refractivity contribution in [3.05, 3.63) is 111 Å². The number of ether oxygens (including phenoxy) is 1. The molecule has 2 amide bonds. The normalized spacial score (nSPS) is 14.4. The van der Waals surface area contributed by atoms with E-state index in [0.29, 0.717) is 26.3 Å². The van der Waals surface area contributed by atoms with Crippen molar-refractivity contribution < 1.29 is 14.3 Å². The molecular weight excluding hydrogens is 563 g/mol. The molecule has 4 aromatic carbocycles. The number of amides is 2. The third-order valence-electron chi connectivity index (χ3n) is 6.84. The lowest BCUT2D eigenvalue weighted by atomic mass is 10.1. The van der Waals surface area contributed by atoms with Gasteiger partial charge in [-0.15, -0.1) is 0 Å². The molecule has 1 aliphatic rings. The molecule has 40 heavy (non-hydrogen) atoms. The van der Waals surface area contributed by atoms with Crippen molar-refractivity contribution in [1.29, 1.82) is 0 Å². The maximum Gasteiger partial charge on any atom is 0.293 e. The van der Waals surface area contributed by atoms with Crippen molar-refractivity contribution in [2.75, 3.05) is 18.0 Å². The Bertz CT molecular complexity index is 1620. The van der Waals surface area contributed by atoms with Gasteiger partial charge >= 0.3 is 0 Å². The molecule has 0 aliphatic carbocycles. The first kappa shape index (κ1) is 28.1. The van der Waals surface area contributed by atoms with Gasteiger partial charge in [0.15, 0.2) is 0 Å². The van der Waals surface area contributed by atoms with Gasteiger partial charge in [0.2, 0.25) is 0 Å². The second-order valence-corrected chi connectivity index (χ2v) is 11.2. The van der Waals surface area contributed by atoms with Gasteiger partial charge in [0.1, 0.15) is 12.4 Å². The second kappa shape index (κ2) is 12.4. The number of halogens is 2. The van der Waals surface area contributed by atoms with Gasteiger partial charge in [0, 0.05) is 46.0 Å². The summed E-state index contributed by atoms with van der Waals surface area (Å²) in [6.45, 7) is 6.31. The number of benzene rings is 4. The highest BCUT2D eigenvalue weighted by atomic mass is 35.5. The summed E-state index contributed by atoms with van der Waals surface area (Å²) in [5, 5.41) is 2.96. The number of nitrogens with zero attached hydrogens (tertiary/aromatic N) is 2. The Kier molecular flexibility index (Phi) is 8.69. The molecule has 1 saturated heterocycles. The molecule has 0 atom stereocenters. The van der Waals surface area contributed by atoms with E-state index >= 15 is 0 Å². The largest absolute Gasteiger partial charge is 0.488 e. The fourth-order valence-electron chi connectivity index (χ4n) is 4.64. The van der Waals surface area contributed by atoms with Crippen LogP contribution in [0.1, 0.15) is 30.5 Å².